The Morgan fingerprint density at radius 2 is 1.58 bits per heavy atom. The highest BCUT2D eigenvalue weighted by Crippen LogP contribution is 2.19. The van der Waals surface area contributed by atoms with Crippen molar-refractivity contribution < 1.29 is 0 Å². The molecule has 0 aliphatic heterocycles. The lowest BCUT2D eigenvalue weighted by molar-refractivity contribution is 0.361. The van der Waals surface area contributed by atoms with Crippen LogP contribution in [0.5, 0.6) is 0 Å². The zero-order chi connectivity index (χ0) is 13.8. The molecule has 0 amide bonds. The van der Waals surface area contributed by atoms with Crippen LogP contribution in [0.4, 0.5) is 0 Å². The molecule has 0 bridgehead atoms. The second-order valence-electron chi connectivity index (χ2n) is 5.82. The molecule has 0 aliphatic rings. The molecule has 0 N–H and O–H groups in total. The zero-order valence-electron chi connectivity index (χ0n) is 13.0. The van der Waals surface area contributed by atoms with Gasteiger partial charge < -0.3 is 4.57 Å². The Morgan fingerprint density at radius 1 is 0.895 bits per heavy atom. The van der Waals surface area contributed by atoms with Gasteiger partial charge >= 0.3 is 0 Å². The van der Waals surface area contributed by atoms with E-state index in [1.165, 1.54) is 64.2 Å². The van der Waals surface area contributed by atoms with Crippen molar-refractivity contribution >= 4 is 0 Å². The summed E-state index contributed by atoms with van der Waals surface area (Å²) >= 11 is 0. The fourth-order valence-corrected chi connectivity index (χ4v) is 2.73. The van der Waals surface area contributed by atoms with Crippen molar-refractivity contribution in [2.24, 2.45) is 5.92 Å². The van der Waals surface area contributed by atoms with Crippen LogP contribution in [-0.2, 0) is 6.54 Å². The highest BCUT2D eigenvalue weighted by atomic mass is 15.0. The molecule has 0 radical (unpaired) electrons. The van der Waals surface area contributed by atoms with Gasteiger partial charge in [0.15, 0.2) is 0 Å². The predicted molar refractivity (Wildman–Crippen MR) is 83.2 cm³/mol. The quantitative estimate of drug-likeness (QED) is 0.460. The molecule has 1 rings (SSSR count). The SMILES string of the molecule is CCCCCCCCC(CCCC)Cn1ccnc1. The van der Waals surface area contributed by atoms with Gasteiger partial charge in [-0.1, -0.05) is 65.2 Å². The maximum atomic E-state index is 4.15. The van der Waals surface area contributed by atoms with Crippen LogP contribution in [0.3, 0.4) is 0 Å². The van der Waals surface area contributed by atoms with Crippen molar-refractivity contribution in [3.8, 4) is 0 Å². The first-order chi connectivity index (χ1) is 9.36. The van der Waals surface area contributed by atoms with E-state index in [2.05, 4.69) is 29.6 Å². The molecule has 0 aliphatic carbocycles. The van der Waals surface area contributed by atoms with Crippen molar-refractivity contribution in [3.05, 3.63) is 18.7 Å². The van der Waals surface area contributed by atoms with E-state index in [0.717, 1.165) is 12.5 Å². The van der Waals surface area contributed by atoms with E-state index in [4.69, 9.17) is 0 Å². The summed E-state index contributed by atoms with van der Waals surface area (Å²) < 4.78 is 2.25. The lowest BCUT2D eigenvalue weighted by atomic mass is 9.95. The third-order valence-corrected chi connectivity index (χ3v) is 3.96. The summed E-state index contributed by atoms with van der Waals surface area (Å²) in [6.45, 7) is 5.74. The van der Waals surface area contributed by atoms with Crippen LogP contribution in [0.2, 0.25) is 0 Å². The molecule has 1 aromatic heterocycles. The van der Waals surface area contributed by atoms with Crippen LogP contribution < -0.4 is 0 Å². The van der Waals surface area contributed by atoms with Gasteiger partial charge in [0.25, 0.3) is 0 Å². The molecule has 110 valence electrons. The summed E-state index contributed by atoms with van der Waals surface area (Å²) in [5.74, 6) is 0.848. The maximum absolute atomic E-state index is 4.15. The standard InChI is InChI=1S/C17H32N2/c1-3-5-7-8-9-10-12-17(11-6-4-2)15-19-14-13-18-16-19/h13-14,16-17H,3-12,15H2,1-2H3. The molecule has 2 heteroatoms. The Bertz CT molecular complexity index is 279. The minimum absolute atomic E-state index is 0.848. The molecule has 0 aromatic carbocycles. The predicted octanol–water partition coefficient (Wildman–Crippen LogP) is 5.44. The largest absolute Gasteiger partial charge is 0.337 e. The second-order valence-corrected chi connectivity index (χ2v) is 5.82. The minimum Gasteiger partial charge on any atom is -0.337 e. The van der Waals surface area contributed by atoms with Crippen LogP contribution in [-0.4, -0.2) is 9.55 Å². The molecular weight excluding hydrogens is 232 g/mol. The maximum Gasteiger partial charge on any atom is 0.0945 e. The molecule has 0 saturated heterocycles. The molecule has 0 fully saturated rings. The third kappa shape index (κ3) is 8.07. The Kier molecular flexibility index (Phi) is 9.48. The number of unbranched alkanes of at least 4 members (excludes halogenated alkanes) is 6. The highest BCUT2D eigenvalue weighted by molar-refractivity contribution is 4.76. The molecule has 1 atom stereocenters. The Labute approximate surface area is 119 Å². The van der Waals surface area contributed by atoms with Crippen LogP contribution in [0.25, 0.3) is 0 Å². The van der Waals surface area contributed by atoms with E-state index in [0.29, 0.717) is 0 Å². The Balaban J connectivity index is 2.17. The lowest BCUT2D eigenvalue weighted by Gasteiger charge is -2.17. The summed E-state index contributed by atoms with van der Waals surface area (Å²) in [6.07, 6.45) is 19.9. The number of aromatic nitrogens is 2. The average molecular weight is 264 g/mol. The van der Waals surface area contributed by atoms with Crippen molar-refractivity contribution in [1.29, 1.82) is 0 Å². The van der Waals surface area contributed by atoms with Gasteiger partial charge in [-0.05, 0) is 18.8 Å². The first-order valence-electron chi connectivity index (χ1n) is 8.32. The van der Waals surface area contributed by atoms with Gasteiger partial charge in [-0.2, -0.15) is 0 Å². The third-order valence-electron chi connectivity index (χ3n) is 3.96. The molecule has 0 saturated carbocycles. The molecule has 19 heavy (non-hydrogen) atoms. The zero-order valence-corrected chi connectivity index (χ0v) is 13.0. The molecule has 1 unspecified atom stereocenters. The van der Waals surface area contributed by atoms with Crippen molar-refractivity contribution in [2.45, 2.75) is 84.6 Å². The van der Waals surface area contributed by atoms with Crippen LogP contribution >= 0.6 is 0 Å². The summed E-state index contributed by atoms with van der Waals surface area (Å²) in [7, 11) is 0. The van der Waals surface area contributed by atoms with E-state index in [-0.39, 0.29) is 0 Å². The van der Waals surface area contributed by atoms with Gasteiger partial charge in [0.2, 0.25) is 0 Å². The first kappa shape index (κ1) is 16.3. The smallest absolute Gasteiger partial charge is 0.0945 e. The lowest BCUT2D eigenvalue weighted by Crippen LogP contribution is -2.10. The van der Waals surface area contributed by atoms with E-state index < -0.39 is 0 Å². The fourth-order valence-electron chi connectivity index (χ4n) is 2.73. The van der Waals surface area contributed by atoms with Gasteiger partial charge in [-0.3, -0.25) is 0 Å². The molecule has 1 aromatic rings. The number of nitrogens with zero attached hydrogens (tertiary/aromatic N) is 2. The van der Waals surface area contributed by atoms with Gasteiger partial charge in [0.05, 0.1) is 6.33 Å². The van der Waals surface area contributed by atoms with Gasteiger partial charge in [-0.25, -0.2) is 4.98 Å². The molecule has 0 spiro atoms. The normalized spacial score (nSPS) is 12.7. The summed E-state index contributed by atoms with van der Waals surface area (Å²) in [5, 5.41) is 0. The number of imidazole rings is 1. The van der Waals surface area contributed by atoms with Crippen LogP contribution in [0, 0.1) is 5.92 Å². The van der Waals surface area contributed by atoms with Crippen molar-refractivity contribution in [2.75, 3.05) is 0 Å². The number of hydrogen-bond acceptors (Lipinski definition) is 1. The topological polar surface area (TPSA) is 17.8 Å². The average Bonchev–Trinajstić information content (AvgIpc) is 2.92. The minimum atomic E-state index is 0.848. The first-order valence-corrected chi connectivity index (χ1v) is 8.32. The Hall–Kier alpha value is -0.790. The molecule has 2 nitrogen and oxygen atoms in total. The summed E-state index contributed by atoms with van der Waals surface area (Å²) in [5.41, 5.74) is 0. The van der Waals surface area contributed by atoms with E-state index in [1.54, 1.807) is 0 Å². The van der Waals surface area contributed by atoms with E-state index in [9.17, 15) is 0 Å². The van der Waals surface area contributed by atoms with Crippen molar-refractivity contribution in [1.82, 2.24) is 9.55 Å². The second kappa shape index (κ2) is 11.1. The monoisotopic (exact) mass is 264 g/mol. The molecular formula is C17H32N2. The van der Waals surface area contributed by atoms with Gasteiger partial charge in [-0.15, -0.1) is 0 Å². The Morgan fingerprint density at radius 3 is 2.26 bits per heavy atom. The number of rotatable bonds is 12. The highest BCUT2D eigenvalue weighted by Gasteiger charge is 2.08. The van der Waals surface area contributed by atoms with Crippen molar-refractivity contribution in [3.63, 3.8) is 0 Å². The van der Waals surface area contributed by atoms with Gasteiger partial charge in [0.1, 0.15) is 0 Å². The summed E-state index contributed by atoms with van der Waals surface area (Å²) in [4.78, 5) is 4.15. The van der Waals surface area contributed by atoms with Crippen LogP contribution in [0.1, 0.15) is 78.1 Å². The van der Waals surface area contributed by atoms with E-state index in [1.807, 2.05) is 12.5 Å². The number of hydrogen-bond donors (Lipinski definition) is 0. The van der Waals surface area contributed by atoms with E-state index >= 15 is 0 Å². The fraction of sp³-hybridized carbons (Fsp3) is 0.824. The summed E-state index contributed by atoms with van der Waals surface area (Å²) in [6, 6.07) is 0. The molecule has 1 heterocycles. The van der Waals surface area contributed by atoms with Crippen LogP contribution in [0.15, 0.2) is 18.7 Å². The van der Waals surface area contributed by atoms with Gasteiger partial charge in [0, 0.05) is 18.9 Å².